The number of hydrogen-bond acceptors (Lipinski definition) is 12. The van der Waals surface area contributed by atoms with E-state index in [9.17, 15) is 27.6 Å². The summed E-state index contributed by atoms with van der Waals surface area (Å²) in [5, 5.41) is 6.49. The maximum absolute atomic E-state index is 14.8. The summed E-state index contributed by atoms with van der Waals surface area (Å²) >= 11 is 0. The van der Waals surface area contributed by atoms with Gasteiger partial charge in [-0.3, -0.25) is 19.1 Å². The van der Waals surface area contributed by atoms with Gasteiger partial charge in [-0.2, -0.15) is 4.98 Å². The first-order chi connectivity index (χ1) is 30.4. The van der Waals surface area contributed by atoms with Crippen LogP contribution in [0, 0.1) is 5.92 Å². The summed E-state index contributed by atoms with van der Waals surface area (Å²) in [5.41, 5.74) is 0.507. The molecule has 3 aliphatic carbocycles. The molecule has 5 atom stereocenters. The van der Waals surface area contributed by atoms with Gasteiger partial charge in [0.2, 0.25) is 27.4 Å². The number of rotatable bonds is 10. The summed E-state index contributed by atoms with van der Waals surface area (Å²) in [7, 11) is -4.02. The molecule has 4 amide bonds. The smallest absolute Gasteiger partial charge is 0.408 e. The molecule has 0 spiro atoms. The molecular weight excluding hydrogens is 829 g/mol. The lowest BCUT2D eigenvalue weighted by Crippen LogP contribution is -2.58. The molecule has 1 saturated heterocycles. The summed E-state index contributed by atoms with van der Waals surface area (Å²) in [5.74, 6) is -1.27. The lowest BCUT2D eigenvalue weighted by Gasteiger charge is -2.30. The molecule has 63 heavy (non-hydrogen) atoms. The zero-order valence-corrected chi connectivity index (χ0v) is 36.4. The van der Waals surface area contributed by atoms with Crippen LogP contribution in [0.2, 0.25) is 0 Å². The lowest BCUT2D eigenvalue weighted by molar-refractivity contribution is -0.141. The lowest BCUT2D eigenvalue weighted by atomic mass is 10.0. The normalized spacial score (nSPS) is 26.2. The Morgan fingerprint density at radius 3 is 2.49 bits per heavy atom. The molecule has 0 bridgehead atoms. The second-order valence-electron chi connectivity index (χ2n) is 17.8. The van der Waals surface area contributed by atoms with Gasteiger partial charge in [0.1, 0.15) is 46.7 Å². The number of benzene rings is 2. The van der Waals surface area contributed by atoms with Gasteiger partial charge in [0.25, 0.3) is 11.8 Å². The number of alkyl carbamates (subject to hydrolysis) is 1. The maximum atomic E-state index is 14.8. The number of carbonyl (C=O) groups excluding carboxylic acids is 4. The van der Waals surface area contributed by atoms with E-state index in [1.165, 1.54) is 4.90 Å². The molecule has 4 heterocycles. The van der Waals surface area contributed by atoms with Crippen LogP contribution in [-0.2, 0) is 29.1 Å². The number of nitrogens with zero attached hydrogens (tertiary/aromatic N) is 3. The van der Waals surface area contributed by atoms with Crippen LogP contribution in [0.25, 0.3) is 33.5 Å². The molecule has 2 aromatic carbocycles. The van der Waals surface area contributed by atoms with Crippen LogP contribution in [0.5, 0.6) is 11.6 Å². The van der Waals surface area contributed by atoms with Gasteiger partial charge >= 0.3 is 6.09 Å². The van der Waals surface area contributed by atoms with E-state index in [-0.39, 0.29) is 37.0 Å². The second-order valence-corrected chi connectivity index (χ2v) is 20.0. The first-order valence-electron chi connectivity index (χ1n) is 22.3. The molecular formula is C46H54N6O10S. The van der Waals surface area contributed by atoms with Crippen LogP contribution in [-0.4, -0.2) is 94.8 Å². The average Bonchev–Trinajstić information content (AvgIpc) is 3.92. The van der Waals surface area contributed by atoms with Crippen molar-refractivity contribution in [1.82, 2.24) is 30.2 Å². The monoisotopic (exact) mass is 882 g/mol. The Hall–Kier alpha value is -5.71. The van der Waals surface area contributed by atoms with E-state index in [1.807, 2.05) is 67.6 Å². The number of sulfonamides is 1. The van der Waals surface area contributed by atoms with Crippen LogP contribution in [0.3, 0.4) is 0 Å². The quantitative estimate of drug-likeness (QED) is 0.152. The van der Waals surface area contributed by atoms with Crippen LogP contribution in [0.1, 0.15) is 97.3 Å². The highest BCUT2D eigenvalue weighted by Crippen LogP contribution is 2.48. The molecule has 4 fully saturated rings. The number of fused-ring (bicyclic) bond motifs is 5. The minimum absolute atomic E-state index is 0.0184. The number of furan rings is 1. The van der Waals surface area contributed by atoms with E-state index in [0.717, 1.165) is 43.9 Å². The average molecular weight is 883 g/mol. The molecule has 0 unspecified atom stereocenters. The Kier molecular flexibility index (Phi) is 11.6. The molecule has 4 aromatic rings. The Bertz CT molecular complexity index is 2550. The SMILES string of the molecule is CCOc1ccc(-c2nc(O[C@@H]3C[C@H]4C(=O)N[C@]5(C(=O)NS(=O)(=O)C6(C)CC6)C[C@H]5C=CCCCCC[C@H](NC(=O)OC5CCCC5)C(=O)N4C3)c3oc4ccccc4c3n2)cc1. The minimum Gasteiger partial charge on any atom is -0.494 e. The van der Waals surface area contributed by atoms with Crippen LogP contribution in [0.15, 0.2) is 65.1 Å². The van der Waals surface area contributed by atoms with Crippen molar-refractivity contribution in [2.45, 2.75) is 132 Å². The van der Waals surface area contributed by atoms with E-state index in [1.54, 1.807) is 6.92 Å². The number of carbonyl (C=O) groups is 4. The van der Waals surface area contributed by atoms with Crippen molar-refractivity contribution in [2.24, 2.45) is 5.92 Å². The summed E-state index contributed by atoms with van der Waals surface area (Å²) < 4.78 is 52.1. The minimum atomic E-state index is -4.02. The van der Waals surface area contributed by atoms with Gasteiger partial charge in [0, 0.05) is 23.3 Å². The van der Waals surface area contributed by atoms with Crippen molar-refractivity contribution in [3.63, 3.8) is 0 Å². The molecule has 3 saturated carbocycles. The fourth-order valence-electron chi connectivity index (χ4n) is 9.08. The fraction of sp³-hybridized carbons (Fsp3) is 0.522. The highest BCUT2D eigenvalue weighted by atomic mass is 32.2. The number of hydrogen-bond donors (Lipinski definition) is 3. The van der Waals surface area contributed by atoms with Crippen molar-refractivity contribution in [3.05, 3.63) is 60.7 Å². The molecule has 3 N–H and O–H groups in total. The first kappa shape index (κ1) is 42.6. The second kappa shape index (κ2) is 17.1. The largest absolute Gasteiger partial charge is 0.494 e. The molecule has 9 rings (SSSR count). The van der Waals surface area contributed by atoms with Gasteiger partial charge < -0.3 is 34.2 Å². The molecule has 0 radical (unpaired) electrons. The fourth-order valence-corrected chi connectivity index (χ4v) is 10.4. The molecule has 2 aromatic heterocycles. The summed E-state index contributed by atoms with van der Waals surface area (Å²) in [6, 6.07) is 12.6. The first-order valence-corrected chi connectivity index (χ1v) is 23.8. The van der Waals surface area contributed by atoms with Crippen molar-refractivity contribution >= 4 is 55.9 Å². The third kappa shape index (κ3) is 8.68. The molecule has 2 aliphatic heterocycles. The number of aromatic nitrogens is 2. The van der Waals surface area contributed by atoms with Crippen molar-refractivity contribution in [2.75, 3.05) is 13.2 Å². The Balaban J connectivity index is 1.05. The van der Waals surface area contributed by atoms with Crippen LogP contribution >= 0.6 is 0 Å². The Morgan fingerprint density at radius 2 is 1.73 bits per heavy atom. The number of para-hydroxylation sites is 1. The molecule has 17 heteroatoms. The van der Waals surface area contributed by atoms with Gasteiger partial charge in [0.05, 0.1) is 17.9 Å². The van der Waals surface area contributed by atoms with Crippen LogP contribution < -0.4 is 24.8 Å². The molecule has 16 nitrogen and oxygen atoms in total. The highest BCUT2D eigenvalue weighted by molar-refractivity contribution is 7.91. The van der Waals surface area contributed by atoms with Crippen molar-refractivity contribution in [3.8, 4) is 23.0 Å². The van der Waals surface area contributed by atoms with Gasteiger partial charge in [-0.1, -0.05) is 37.1 Å². The molecule has 5 aliphatic rings. The van der Waals surface area contributed by atoms with E-state index in [0.29, 0.717) is 66.9 Å². The Morgan fingerprint density at radius 1 is 0.968 bits per heavy atom. The summed E-state index contributed by atoms with van der Waals surface area (Å²) in [4.78, 5) is 68.0. The summed E-state index contributed by atoms with van der Waals surface area (Å²) in [6.45, 7) is 3.93. The standard InChI is InChI=1S/C46H54N6O10S/c1-3-59-30-21-19-28(20-22-30)39-48-37-33-16-11-12-18-36(33)62-38(37)41(49-39)60-32-25-35-40(53)50-46(43(55)51-63(57,58)45(2)23-24-45)26-29(46)13-7-5-4-6-8-17-34(42(54)52(35)27-32)47-44(56)61-31-14-9-10-15-31/h7,11-13,16,18-22,29,31-32,34-35H,3-6,8-10,14-15,17,23-27H2,1-2H3,(H,47,56)(H,50,53)(H,51,55)/t29-,32-,34+,35+,46-/m1/s1. The third-order valence-corrected chi connectivity index (χ3v) is 15.4. The predicted molar refractivity (Wildman–Crippen MR) is 232 cm³/mol. The third-order valence-electron chi connectivity index (χ3n) is 13.2. The van der Waals surface area contributed by atoms with Gasteiger partial charge in [-0.05, 0) is 114 Å². The highest BCUT2D eigenvalue weighted by Gasteiger charge is 2.63. The maximum Gasteiger partial charge on any atom is 0.408 e. The van der Waals surface area contributed by atoms with E-state index < -0.39 is 68.2 Å². The van der Waals surface area contributed by atoms with Crippen molar-refractivity contribution in [1.29, 1.82) is 0 Å². The van der Waals surface area contributed by atoms with Gasteiger partial charge in [0.15, 0.2) is 5.82 Å². The number of nitrogens with one attached hydrogen (secondary N) is 3. The van der Waals surface area contributed by atoms with Gasteiger partial charge in [-0.25, -0.2) is 18.2 Å². The Labute approximate surface area is 365 Å². The topological polar surface area (TPSA) is 208 Å². The summed E-state index contributed by atoms with van der Waals surface area (Å²) in [6.07, 6.45) is 9.68. The van der Waals surface area contributed by atoms with E-state index in [2.05, 4.69) is 15.4 Å². The number of allylic oxidation sites excluding steroid dienone is 1. The van der Waals surface area contributed by atoms with Crippen LogP contribution in [0.4, 0.5) is 4.79 Å². The zero-order valence-electron chi connectivity index (χ0n) is 35.6. The number of ether oxygens (including phenoxy) is 3. The predicted octanol–water partition coefficient (Wildman–Crippen LogP) is 6.22. The zero-order chi connectivity index (χ0) is 43.9. The number of amides is 4. The van der Waals surface area contributed by atoms with Crippen molar-refractivity contribution < 1.29 is 46.2 Å². The van der Waals surface area contributed by atoms with E-state index >= 15 is 0 Å². The molecule has 334 valence electrons. The van der Waals surface area contributed by atoms with Gasteiger partial charge in [-0.15, -0.1) is 0 Å². The van der Waals surface area contributed by atoms with E-state index in [4.69, 9.17) is 28.6 Å².